The minimum absolute atomic E-state index is 0.0773. The number of morpholine rings is 1. The maximum absolute atomic E-state index is 12.4. The summed E-state index contributed by atoms with van der Waals surface area (Å²) in [5, 5.41) is 8.44. The summed E-state index contributed by atoms with van der Waals surface area (Å²) in [5.74, 6) is -0.705. The lowest BCUT2D eigenvalue weighted by Crippen LogP contribution is -2.35. The van der Waals surface area contributed by atoms with Crippen LogP contribution in [-0.2, 0) is 16.1 Å². The van der Waals surface area contributed by atoms with Crippen LogP contribution < -0.4 is 5.48 Å². The Morgan fingerprint density at radius 1 is 1.07 bits per heavy atom. The average molecular weight is 393 g/mol. The number of benzene rings is 1. The zero-order valence-electron chi connectivity index (χ0n) is 16.0. The molecule has 2 heterocycles. The second-order valence-corrected chi connectivity index (χ2v) is 6.61. The molecule has 3 rings (SSSR count). The molecule has 0 unspecified atom stereocenters. The highest BCUT2D eigenvalue weighted by Gasteiger charge is 2.11. The van der Waals surface area contributed by atoms with Crippen molar-refractivity contribution in [2.24, 2.45) is 0 Å². The van der Waals surface area contributed by atoms with Gasteiger partial charge in [-0.2, -0.15) is 0 Å². The Bertz CT molecular complexity index is 883. The number of carbonyl (C=O) groups excluding carboxylic acids is 2. The van der Waals surface area contributed by atoms with Crippen LogP contribution in [0, 0.1) is 0 Å². The van der Waals surface area contributed by atoms with Gasteiger partial charge in [0.25, 0.3) is 5.91 Å². The SMILES string of the molecule is O=C(/C=C/c1ccc(/C=C/C(=O)c2ccc(CN3CCOCC3)cc2)cn1)NO. The smallest absolute Gasteiger partial charge is 0.267 e. The van der Waals surface area contributed by atoms with Crippen molar-refractivity contribution in [1.82, 2.24) is 15.4 Å². The Labute approximate surface area is 169 Å². The summed E-state index contributed by atoms with van der Waals surface area (Å²) in [6, 6.07) is 11.2. The van der Waals surface area contributed by atoms with E-state index in [-0.39, 0.29) is 5.78 Å². The number of aromatic nitrogens is 1. The molecule has 7 nitrogen and oxygen atoms in total. The number of rotatable bonds is 7. The number of amides is 1. The molecule has 2 N–H and O–H groups in total. The molecule has 1 aromatic heterocycles. The van der Waals surface area contributed by atoms with Crippen LogP contribution in [0.3, 0.4) is 0 Å². The van der Waals surface area contributed by atoms with Gasteiger partial charge in [0.05, 0.1) is 18.9 Å². The van der Waals surface area contributed by atoms with Gasteiger partial charge in [0.2, 0.25) is 0 Å². The molecule has 7 heteroatoms. The minimum Gasteiger partial charge on any atom is -0.379 e. The Kier molecular flexibility index (Phi) is 7.40. The van der Waals surface area contributed by atoms with Crippen molar-refractivity contribution in [2.75, 3.05) is 26.3 Å². The van der Waals surface area contributed by atoms with Gasteiger partial charge in [-0.25, -0.2) is 5.48 Å². The number of allylic oxidation sites excluding steroid dienone is 1. The number of ether oxygens (including phenoxy) is 1. The monoisotopic (exact) mass is 393 g/mol. The second-order valence-electron chi connectivity index (χ2n) is 6.61. The summed E-state index contributed by atoms with van der Waals surface area (Å²) < 4.78 is 5.36. The van der Waals surface area contributed by atoms with E-state index in [1.54, 1.807) is 24.4 Å². The minimum atomic E-state index is -0.627. The molecule has 1 saturated heterocycles. The third kappa shape index (κ3) is 6.46. The summed E-state index contributed by atoms with van der Waals surface area (Å²) in [6.45, 7) is 4.26. The van der Waals surface area contributed by atoms with Crippen molar-refractivity contribution < 1.29 is 19.5 Å². The molecule has 1 amide bonds. The first kappa shape index (κ1) is 20.6. The standard InChI is InChI=1S/C22H23N3O4/c26-21(9-4-17-3-7-20(23-15-17)8-10-22(27)24-28)19-5-1-18(2-6-19)16-25-11-13-29-14-12-25/h1-10,15,28H,11-14,16H2,(H,24,27)/b9-4+,10-8+. The fraction of sp³-hybridized carbons (Fsp3) is 0.227. The van der Waals surface area contributed by atoms with Gasteiger partial charge in [-0.1, -0.05) is 30.3 Å². The molecule has 0 aliphatic carbocycles. The van der Waals surface area contributed by atoms with E-state index < -0.39 is 5.91 Å². The molecule has 1 fully saturated rings. The maximum Gasteiger partial charge on any atom is 0.267 e. The van der Waals surface area contributed by atoms with Crippen molar-refractivity contribution in [2.45, 2.75) is 6.54 Å². The van der Waals surface area contributed by atoms with Crippen LogP contribution >= 0.6 is 0 Å². The average Bonchev–Trinajstić information content (AvgIpc) is 2.77. The summed E-state index contributed by atoms with van der Waals surface area (Å²) in [5.41, 5.74) is 4.65. The summed E-state index contributed by atoms with van der Waals surface area (Å²) in [6.07, 6.45) is 7.46. The largest absolute Gasteiger partial charge is 0.379 e. The second kappa shape index (κ2) is 10.4. The van der Waals surface area contributed by atoms with Gasteiger partial charge in [0.15, 0.2) is 5.78 Å². The molecule has 2 aromatic rings. The Balaban J connectivity index is 1.55. The maximum atomic E-state index is 12.4. The first-order chi connectivity index (χ1) is 14.1. The van der Waals surface area contributed by atoms with Gasteiger partial charge in [-0.3, -0.25) is 24.7 Å². The van der Waals surface area contributed by atoms with Gasteiger partial charge in [0.1, 0.15) is 0 Å². The van der Waals surface area contributed by atoms with Crippen LogP contribution in [0.5, 0.6) is 0 Å². The molecule has 1 aromatic carbocycles. The predicted molar refractivity (Wildman–Crippen MR) is 109 cm³/mol. The Morgan fingerprint density at radius 2 is 1.83 bits per heavy atom. The molecule has 1 aliphatic rings. The van der Waals surface area contributed by atoms with E-state index >= 15 is 0 Å². The zero-order valence-corrected chi connectivity index (χ0v) is 16.0. The summed E-state index contributed by atoms with van der Waals surface area (Å²) in [4.78, 5) is 29.9. The molecule has 0 spiro atoms. The molecule has 150 valence electrons. The highest BCUT2D eigenvalue weighted by atomic mass is 16.5. The number of hydrogen-bond donors (Lipinski definition) is 2. The van der Waals surface area contributed by atoms with Gasteiger partial charge in [0, 0.05) is 37.5 Å². The van der Waals surface area contributed by atoms with Gasteiger partial charge >= 0.3 is 0 Å². The van der Waals surface area contributed by atoms with Crippen LogP contribution in [-0.4, -0.2) is 53.1 Å². The zero-order chi connectivity index (χ0) is 20.5. The lowest BCUT2D eigenvalue weighted by molar-refractivity contribution is -0.124. The molecular weight excluding hydrogens is 370 g/mol. The fourth-order valence-electron chi connectivity index (χ4n) is 2.87. The highest BCUT2D eigenvalue weighted by Crippen LogP contribution is 2.11. The molecule has 0 atom stereocenters. The Morgan fingerprint density at radius 3 is 2.48 bits per heavy atom. The number of hydrogen-bond acceptors (Lipinski definition) is 6. The lowest BCUT2D eigenvalue weighted by atomic mass is 10.1. The lowest BCUT2D eigenvalue weighted by Gasteiger charge is -2.26. The predicted octanol–water partition coefficient (Wildman–Crippen LogP) is 2.33. The van der Waals surface area contributed by atoms with E-state index in [1.807, 2.05) is 24.3 Å². The molecular formula is C22H23N3O4. The van der Waals surface area contributed by atoms with E-state index in [2.05, 4.69) is 9.88 Å². The topological polar surface area (TPSA) is 91.8 Å². The quantitative estimate of drug-likeness (QED) is 0.325. The van der Waals surface area contributed by atoms with E-state index in [1.165, 1.54) is 29.3 Å². The van der Waals surface area contributed by atoms with Crippen molar-refractivity contribution in [3.63, 3.8) is 0 Å². The number of nitrogens with one attached hydrogen (secondary N) is 1. The molecule has 1 aliphatic heterocycles. The number of ketones is 1. The van der Waals surface area contributed by atoms with Crippen LogP contribution in [0.4, 0.5) is 0 Å². The first-order valence-electron chi connectivity index (χ1n) is 9.34. The molecule has 0 radical (unpaired) electrons. The van der Waals surface area contributed by atoms with E-state index in [9.17, 15) is 9.59 Å². The van der Waals surface area contributed by atoms with Crippen molar-refractivity contribution in [3.8, 4) is 0 Å². The van der Waals surface area contributed by atoms with E-state index in [0.29, 0.717) is 11.3 Å². The van der Waals surface area contributed by atoms with Crippen molar-refractivity contribution in [3.05, 3.63) is 77.1 Å². The molecule has 0 bridgehead atoms. The van der Waals surface area contributed by atoms with Crippen molar-refractivity contribution in [1.29, 1.82) is 0 Å². The van der Waals surface area contributed by atoms with Crippen LogP contribution in [0.2, 0.25) is 0 Å². The third-order valence-corrected chi connectivity index (χ3v) is 4.50. The van der Waals surface area contributed by atoms with Gasteiger partial charge < -0.3 is 4.74 Å². The van der Waals surface area contributed by atoms with Crippen LogP contribution in [0.25, 0.3) is 12.2 Å². The summed E-state index contributed by atoms with van der Waals surface area (Å²) in [7, 11) is 0. The Hall–Kier alpha value is -3.13. The molecule has 0 saturated carbocycles. The third-order valence-electron chi connectivity index (χ3n) is 4.50. The van der Waals surface area contributed by atoms with E-state index in [4.69, 9.17) is 9.94 Å². The normalized spacial score (nSPS) is 15.1. The number of nitrogens with zero attached hydrogens (tertiary/aromatic N) is 2. The van der Waals surface area contributed by atoms with Crippen LogP contribution in [0.15, 0.2) is 54.7 Å². The summed E-state index contributed by atoms with van der Waals surface area (Å²) >= 11 is 0. The van der Waals surface area contributed by atoms with E-state index in [0.717, 1.165) is 38.4 Å². The highest BCUT2D eigenvalue weighted by molar-refractivity contribution is 6.06. The van der Waals surface area contributed by atoms with Crippen LogP contribution in [0.1, 0.15) is 27.2 Å². The molecule has 29 heavy (non-hydrogen) atoms. The number of carbonyl (C=O) groups is 2. The van der Waals surface area contributed by atoms with Crippen molar-refractivity contribution >= 4 is 23.8 Å². The first-order valence-corrected chi connectivity index (χ1v) is 9.34. The van der Waals surface area contributed by atoms with Gasteiger partial charge in [-0.05, 0) is 35.4 Å². The van der Waals surface area contributed by atoms with Gasteiger partial charge in [-0.15, -0.1) is 0 Å². The number of pyridine rings is 1. The number of hydroxylamine groups is 1. The fourth-order valence-corrected chi connectivity index (χ4v) is 2.87.